The Labute approximate surface area is 120 Å². The summed E-state index contributed by atoms with van der Waals surface area (Å²) in [5, 5.41) is 1.74. The van der Waals surface area contributed by atoms with Crippen LogP contribution in [0.3, 0.4) is 0 Å². The molecule has 0 saturated heterocycles. The molecule has 0 radical (unpaired) electrons. The fraction of sp³-hybridized carbons (Fsp3) is 1.00. The molecule has 0 aliphatic rings. The number of rotatable bonds is 12. The van der Waals surface area contributed by atoms with Crippen molar-refractivity contribution < 1.29 is 30.7 Å². The quantitative estimate of drug-likeness (QED) is 0.297. The van der Waals surface area contributed by atoms with Crippen LogP contribution in [0.5, 0.6) is 0 Å². The lowest BCUT2D eigenvalue weighted by Crippen LogP contribution is -2.45. The fourth-order valence-electron chi connectivity index (χ4n) is 1.77. The van der Waals surface area contributed by atoms with E-state index in [4.69, 9.17) is 0 Å². The van der Waals surface area contributed by atoms with Gasteiger partial charge in [-0.05, 0) is 25.7 Å². The molecule has 0 heterocycles. The summed E-state index contributed by atoms with van der Waals surface area (Å²) in [6.45, 7) is -0.785. The van der Waals surface area contributed by atoms with Crippen LogP contribution >= 0.6 is 0 Å². The monoisotopic (exact) mass is 325 g/mol. The first-order chi connectivity index (χ1) is 9.69. The average Bonchev–Trinajstić information content (AvgIpc) is 2.37. The van der Waals surface area contributed by atoms with E-state index in [-0.39, 0.29) is 45.1 Å². The Hall–Kier alpha value is -0.530. The van der Waals surface area contributed by atoms with Gasteiger partial charge in [-0.3, -0.25) is 9.71 Å². The van der Waals surface area contributed by atoms with Crippen molar-refractivity contribution in [1.82, 2.24) is 5.32 Å². The van der Waals surface area contributed by atoms with E-state index in [1.807, 2.05) is 0 Å². The van der Waals surface area contributed by atoms with Gasteiger partial charge in [-0.25, -0.2) is 4.39 Å². The average molecular weight is 325 g/mol. The van der Waals surface area contributed by atoms with E-state index in [0.717, 1.165) is 0 Å². The van der Waals surface area contributed by atoms with Crippen LogP contribution in [0.4, 0.5) is 30.7 Å². The van der Waals surface area contributed by atoms with Gasteiger partial charge in [0.2, 0.25) is 0 Å². The van der Waals surface area contributed by atoms with Crippen LogP contribution in [-0.2, 0) is 0 Å². The lowest BCUT2D eigenvalue weighted by atomic mass is 10.1. The minimum Gasteiger partial charge on any atom is -0.256 e. The number of unbranched alkanes of at least 4 members (excludes halogenated alkanes) is 4. The highest BCUT2D eigenvalue weighted by atomic mass is 19.4. The topological polar surface area (TPSA) is 12.0 Å². The maximum absolute atomic E-state index is 13.3. The van der Waals surface area contributed by atoms with E-state index >= 15 is 0 Å². The molecule has 1 nitrogen and oxygen atoms in total. The second kappa shape index (κ2) is 10.2. The first kappa shape index (κ1) is 20.5. The Morgan fingerprint density at radius 3 is 2.00 bits per heavy atom. The van der Waals surface area contributed by atoms with Crippen molar-refractivity contribution in [1.29, 1.82) is 0 Å². The first-order valence-corrected chi connectivity index (χ1v) is 7.08. The lowest BCUT2D eigenvalue weighted by Gasteiger charge is -2.21. The maximum Gasteiger partial charge on any atom is 0.389 e. The van der Waals surface area contributed by atoms with E-state index in [9.17, 15) is 30.7 Å². The third-order valence-corrected chi connectivity index (χ3v) is 2.98. The molecule has 0 aromatic carbocycles. The van der Waals surface area contributed by atoms with Crippen LogP contribution in [0.25, 0.3) is 0 Å². The molecule has 1 atom stereocenters. The van der Waals surface area contributed by atoms with Gasteiger partial charge in [0.1, 0.15) is 0 Å². The van der Waals surface area contributed by atoms with Crippen molar-refractivity contribution in [3.63, 3.8) is 0 Å². The predicted octanol–water partition coefficient (Wildman–Crippen LogP) is 5.16. The van der Waals surface area contributed by atoms with E-state index in [1.165, 1.54) is 0 Å². The fourth-order valence-corrected chi connectivity index (χ4v) is 1.77. The van der Waals surface area contributed by atoms with Gasteiger partial charge in [0.15, 0.2) is 6.17 Å². The highest BCUT2D eigenvalue weighted by Gasteiger charge is 2.38. The summed E-state index contributed by atoms with van der Waals surface area (Å²) in [6, 6.07) is -3.68. The molecule has 21 heavy (non-hydrogen) atoms. The molecular formula is C13H22F7N. The molecule has 0 spiro atoms. The molecule has 0 fully saturated rings. The molecule has 1 unspecified atom stereocenters. The number of hydrogen-bond donors (Lipinski definition) is 1. The molecular weight excluding hydrogens is 303 g/mol. The van der Waals surface area contributed by atoms with E-state index in [1.54, 1.807) is 5.32 Å². The second-order valence-corrected chi connectivity index (χ2v) is 4.98. The van der Waals surface area contributed by atoms with E-state index < -0.39 is 37.9 Å². The van der Waals surface area contributed by atoms with Crippen molar-refractivity contribution in [3.8, 4) is 0 Å². The Kier molecular flexibility index (Phi) is 9.98. The van der Waals surface area contributed by atoms with Crippen LogP contribution in [0, 0.1) is 0 Å². The number of halogens is 7. The van der Waals surface area contributed by atoms with Crippen LogP contribution in [0.1, 0.15) is 51.4 Å². The van der Waals surface area contributed by atoms with Crippen LogP contribution in [0.2, 0.25) is 0 Å². The minimum atomic E-state index is -4.21. The first-order valence-electron chi connectivity index (χ1n) is 7.08. The summed E-state index contributed by atoms with van der Waals surface area (Å²) in [7, 11) is 0. The number of nitrogens with one attached hydrogen (secondary N) is 1. The normalized spacial score (nSPS) is 14.4. The second-order valence-electron chi connectivity index (χ2n) is 4.98. The molecule has 0 aromatic rings. The van der Waals surface area contributed by atoms with Crippen molar-refractivity contribution in [3.05, 3.63) is 0 Å². The standard InChI is InChI=1S/C13H22F7N/c14-9-5-6-10-21-13(19,20)11(15)7-3-1-2-4-8-12(16,17)18/h11,21H,1-10H2. The molecule has 0 saturated carbocycles. The molecule has 0 aliphatic heterocycles. The zero-order chi connectivity index (χ0) is 16.4. The van der Waals surface area contributed by atoms with Gasteiger partial charge in [0.05, 0.1) is 6.67 Å². The van der Waals surface area contributed by atoms with Gasteiger partial charge >= 0.3 is 12.2 Å². The molecule has 0 bridgehead atoms. The number of alkyl halides is 7. The largest absolute Gasteiger partial charge is 0.389 e. The molecule has 8 heteroatoms. The van der Waals surface area contributed by atoms with E-state index in [2.05, 4.69) is 0 Å². The lowest BCUT2D eigenvalue weighted by molar-refractivity contribution is -0.135. The van der Waals surface area contributed by atoms with Gasteiger partial charge in [-0.1, -0.05) is 19.3 Å². The molecule has 0 rings (SSSR count). The summed E-state index contributed by atoms with van der Waals surface area (Å²) >= 11 is 0. The zero-order valence-electron chi connectivity index (χ0n) is 11.8. The Morgan fingerprint density at radius 1 is 0.810 bits per heavy atom. The third kappa shape index (κ3) is 11.8. The van der Waals surface area contributed by atoms with Crippen molar-refractivity contribution >= 4 is 0 Å². The molecule has 1 N–H and O–H groups in total. The summed E-state index contributed by atoms with van der Waals surface area (Å²) in [5.74, 6) is 0. The zero-order valence-corrected chi connectivity index (χ0v) is 11.8. The molecule has 128 valence electrons. The maximum atomic E-state index is 13.3. The Bertz CT molecular complexity index is 255. The Balaban J connectivity index is 3.69. The Morgan fingerprint density at radius 2 is 1.43 bits per heavy atom. The summed E-state index contributed by atoms with van der Waals surface area (Å²) in [6.07, 6.45) is -7.01. The van der Waals surface area contributed by atoms with E-state index in [0.29, 0.717) is 0 Å². The van der Waals surface area contributed by atoms with Crippen LogP contribution in [0.15, 0.2) is 0 Å². The van der Waals surface area contributed by atoms with Crippen LogP contribution in [-0.4, -0.2) is 31.6 Å². The highest BCUT2D eigenvalue weighted by molar-refractivity contribution is 4.74. The summed E-state index contributed by atoms with van der Waals surface area (Å²) < 4.78 is 87.1. The molecule has 0 amide bonds. The van der Waals surface area contributed by atoms with Gasteiger partial charge in [-0.15, -0.1) is 0 Å². The van der Waals surface area contributed by atoms with Crippen molar-refractivity contribution in [2.45, 2.75) is 69.8 Å². The van der Waals surface area contributed by atoms with Crippen molar-refractivity contribution in [2.75, 3.05) is 13.2 Å². The number of hydrogen-bond acceptors (Lipinski definition) is 1. The minimum absolute atomic E-state index is 0.0711. The van der Waals surface area contributed by atoms with Crippen molar-refractivity contribution in [2.24, 2.45) is 0 Å². The molecule has 0 aromatic heterocycles. The predicted molar refractivity (Wildman–Crippen MR) is 66.8 cm³/mol. The highest BCUT2D eigenvalue weighted by Crippen LogP contribution is 2.25. The SMILES string of the molecule is FCCCCNC(F)(F)C(F)CCCCCCC(F)(F)F. The van der Waals surface area contributed by atoms with Gasteiger partial charge in [0.25, 0.3) is 0 Å². The summed E-state index contributed by atoms with van der Waals surface area (Å²) in [4.78, 5) is 0. The van der Waals surface area contributed by atoms with Gasteiger partial charge in [0, 0.05) is 13.0 Å². The third-order valence-electron chi connectivity index (χ3n) is 2.98. The van der Waals surface area contributed by atoms with Gasteiger partial charge in [-0.2, -0.15) is 22.0 Å². The van der Waals surface area contributed by atoms with Crippen LogP contribution < -0.4 is 5.32 Å². The molecule has 0 aliphatic carbocycles. The summed E-state index contributed by atoms with van der Waals surface area (Å²) in [5.41, 5.74) is 0. The smallest absolute Gasteiger partial charge is 0.256 e. The van der Waals surface area contributed by atoms with Gasteiger partial charge < -0.3 is 0 Å².